The number of carbonyl (C=O) groups is 2. The van der Waals surface area contributed by atoms with Gasteiger partial charge in [-0.15, -0.1) is 0 Å². The van der Waals surface area contributed by atoms with E-state index < -0.39 is 41.4 Å². The van der Waals surface area contributed by atoms with Crippen molar-refractivity contribution < 1.29 is 27.8 Å². The summed E-state index contributed by atoms with van der Waals surface area (Å²) < 4.78 is 40.1. The lowest BCUT2D eigenvalue weighted by Gasteiger charge is -2.34. The van der Waals surface area contributed by atoms with E-state index in [2.05, 4.69) is 10.0 Å². The Morgan fingerprint density at radius 3 is 2.45 bits per heavy atom. The number of cyclic esters (lactones) is 1. The highest BCUT2D eigenvalue weighted by atomic mass is 19.1. The number of halogens is 2. The molecule has 0 saturated carbocycles. The molecule has 0 spiro atoms. The van der Waals surface area contributed by atoms with Crippen LogP contribution in [0, 0.1) is 11.6 Å². The highest BCUT2D eigenvalue weighted by Crippen LogP contribution is 2.35. The Morgan fingerprint density at radius 2 is 1.90 bits per heavy atom. The van der Waals surface area contributed by atoms with Crippen LogP contribution in [0.15, 0.2) is 17.2 Å². The molecule has 3 rings (SSSR count). The third-order valence-corrected chi connectivity index (χ3v) is 5.15. The van der Waals surface area contributed by atoms with Crippen molar-refractivity contribution in [2.24, 2.45) is 5.11 Å². The molecule has 0 N–H and O–H groups in total. The SMILES string of the molecule is CC(C)(C)OC(=O)N1CCC(c2c(F)cc(N3C[C@H](CN=[N+]=[N-])OC3=O)cc2F)CC1. The molecule has 0 aliphatic carbocycles. The number of hydrogen-bond donors (Lipinski definition) is 0. The van der Waals surface area contributed by atoms with Crippen molar-refractivity contribution in [1.82, 2.24) is 4.90 Å². The van der Waals surface area contributed by atoms with Crippen molar-refractivity contribution >= 4 is 17.9 Å². The Bertz CT molecular complexity index is 882. The standard InChI is InChI=1S/C20H25F2N5O4/c1-20(2,3)31-18(28)26-6-4-12(5-7-26)17-15(21)8-13(9-16(17)22)27-11-14(10-24-25-23)30-19(27)29/h8-9,12,14H,4-7,10-11H2,1-3H3/t14-/m0/s1. The Balaban J connectivity index is 1.69. The summed E-state index contributed by atoms with van der Waals surface area (Å²) in [7, 11) is 0. The number of piperidine rings is 1. The highest BCUT2D eigenvalue weighted by Gasteiger charge is 2.34. The molecule has 1 atom stereocenters. The van der Waals surface area contributed by atoms with Gasteiger partial charge >= 0.3 is 12.2 Å². The average Bonchev–Trinajstić information content (AvgIpc) is 3.05. The largest absolute Gasteiger partial charge is 0.444 e. The number of carbonyl (C=O) groups excluding carboxylic acids is 2. The third-order valence-electron chi connectivity index (χ3n) is 5.15. The number of ether oxygens (including phenoxy) is 2. The zero-order valence-corrected chi connectivity index (χ0v) is 17.7. The molecule has 0 aromatic heterocycles. The summed E-state index contributed by atoms with van der Waals surface area (Å²) in [6, 6.07) is 2.21. The van der Waals surface area contributed by atoms with Crippen LogP contribution in [0.5, 0.6) is 0 Å². The van der Waals surface area contributed by atoms with E-state index in [1.54, 1.807) is 20.8 Å². The number of amides is 2. The predicted molar refractivity (Wildman–Crippen MR) is 108 cm³/mol. The zero-order valence-electron chi connectivity index (χ0n) is 17.7. The molecule has 168 valence electrons. The van der Waals surface area contributed by atoms with Crippen LogP contribution in [-0.4, -0.2) is 55.0 Å². The summed E-state index contributed by atoms with van der Waals surface area (Å²) in [6.07, 6.45) is -1.08. The number of nitrogens with zero attached hydrogens (tertiary/aromatic N) is 5. The third kappa shape index (κ3) is 5.35. The second-order valence-electron chi connectivity index (χ2n) is 8.59. The molecular formula is C20H25F2N5O4. The number of hydrogen-bond acceptors (Lipinski definition) is 5. The van der Waals surface area contributed by atoms with Gasteiger partial charge in [0.05, 0.1) is 18.8 Å². The number of azide groups is 1. The van der Waals surface area contributed by atoms with E-state index in [1.807, 2.05) is 0 Å². The second-order valence-corrected chi connectivity index (χ2v) is 8.59. The fourth-order valence-electron chi connectivity index (χ4n) is 3.75. The van der Waals surface area contributed by atoms with Gasteiger partial charge in [0.25, 0.3) is 0 Å². The van der Waals surface area contributed by atoms with Gasteiger partial charge in [0.1, 0.15) is 23.3 Å². The maximum Gasteiger partial charge on any atom is 0.414 e. The van der Waals surface area contributed by atoms with Crippen LogP contribution in [0.25, 0.3) is 10.4 Å². The maximum absolute atomic E-state index is 14.9. The minimum absolute atomic E-state index is 0.0321. The lowest BCUT2D eigenvalue weighted by molar-refractivity contribution is 0.0203. The topological polar surface area (TPSA) is 108 Å². The predicted octanol–water partition coefficient (Wildman–Crippen LogP) is 4.71. The van der Waals surface area contributed by atoms with E-state index in [1.165, 1.54) is 4.90 Å². The maximum atomic E-state index is 14.9. The number of benzene rings is 1. The monoisotopic (exact) mass is 437 g/mol. The molecule has 0 bridgehead atoms. The number of anilines is 1. The second kappa shape index (κ2) is 8.97. The van der Waals surface area contributed by atoms with Crippen LogP contribution in [0.1, 0.15) is 45.1 Å². The Labute approximate surface area is 178 Å². The number of likely N-dealkylation sites (tertiary alicyclic amines) is 1. The van der Waals surface area contributed by atoms with E-state index in [9.17, 15) is 18.4 Å². The average molecular weight is 437 g/mol. The lowest BCUT2D eigenvalue weighted by Crippen LogP contribution is -2.41. The zero-order chi connectivity index (χ0) is 22.8. The lowest BCUT2D eigenvalue weighted by atomic mass is 9.88. The summed E-state index contributed by atoms with van der Waals surface area (Å²) in [4.78, 5) is 29.5. The molecule has 2 aliphatic heterocycles. The summed E-state index contributed by atoms with van der Waals surface area (Å²) in [6.45, 7) is 5.97. The molecule has 2 saturated heterocycles. The van der Waals surface area contributed by atoms with Gasteiger partial charge in [-0.2, -0.15) is 0 Å². The van der Waals surface area contributed by atoms with Crippen LogP contribution in [0.4, 0.5) is 24.1 Å². The fourth-order valence-corrected chi connectivity index (χ4v) is 3.75. The van der Waals surface area contributed by atoms with E-state index >= 15 is 0 Å². The quantitative estimate of drug-likeness (QED) is 0.386. The molecule has 31 heavy (non-hydrogen) atoms. The molecule has 1 aromatic carbocycles. The summed E-state index contributed by atoms with van der Waals surface area (Å²) in [5, 5.41) is 3.36. The Morgan fingerprint density at radius 1 is 1.29 bits per heavy atom. The van der Waals surface area contributed by atoms with Gasteiger partial charge in [0.15, 0.2) is 0 Å². The first-order chi connectivity index (χ1) is 14.6. The highest BCUT2D eigenvalue weighted by molar-refractivity contribution is 5.89. The first-order valence-electron chi connectivity index (χ1n) is 10.0. The molecule has 2 heterocycles. The van der Waals surface area contributed by atoms with Crippen molar-refractivity contribution in [2.75, 3.05) is 31.1 Å². The van der Waals surface area contributed by atoms with E-state index in [-0.39, 0.29) is 24.3 Å². The molecule has 11 heteroatoms. The van der Waals surface area contributed by atoms with E-state index in [0.29, 0.717) is 25.9 Å². The fraction of sp³-hybridized carbons (Fsp3) is 0.600. The van der Waals surface area contributed by atoms with Gasteiger partial charge in [0.2, 0.25) is 0 Å². The summed E-state index contributed by atoms with van der Waals surface area (Å²) in [5.74, 6) is -1.90. The normalized spacial score (nSPS) is 19.8. The summed E-state index contributed by atoms with van der Waals surface area (Å²) in [5.41, 5.74) is 7.75. The molecule has 2 fully saturated rings. The molecule has 2 aliphatic rings. The van der Waals surface area contributed by atoms with Crippen molar-refractivity contribution in [3.63, 3.8) is 0 Å². The van der Waals surface area contributed by atoms with Gasteiger partial charge in [0, 0.05) is 23.6 Å². The Kier molecular flexibility index (Phi) is 6.54. The van der Waals surface area contributed by atoms with Gasteiger partial charge in [-0.25, -0.2) is 18.4 Å². The minimum Gasteiger partial charge on any atom is -0.444 e. The van der Waals surface area contributed by atoms with Gasteiger partial charge in [-0.1, -0.05) is 5.11 Å². The molecular weight excluding hydrogens is 412 g/mol. The van der Waals surface area contributed by atoms with Gasteiger partial charge in [-0.3, -0.25) is 4.90 Å². The van der Waals surface area contributed by atoms with E-state index in [0.717, 1.165) is 17.0 Å². The first-order valence-corrected chi connectivity index (χ1v) is 10.0. The van der Waals surface area contributed by atoms with Crippen molar-refractivity contribution in [3.8, 4) is 0 Å². The summed E-state index contributed by atoms with van der Waals surface area (Å²) >= 11 is 0. The van der Waals surface area contributed by atoms with Gasteiger partial charge < -0.3 is 14.4 Å². The van der Waals surface area contributed by atoms with Crippen molar-refractivity contribution in [1.29, 1.82) is 0 Å². The number of rotatable bonds is 4. The van der Waals surface area contributed by atoms with Crippen LogP contribution in [0.3, 0.4) is 0 Å². The minimum atomic E-state index is -0.754. The molecule has 1 aromatic rings. The van der Waals surface area contributed by atoms with E-state index in [4.69, 9.17) is 15.0 Å². The van der Waals surface area contributed by atoms with Crippen LogP contribution in [0.2, 0.25) is 0 Å². The van der Waals surface area contributed by atoms with Crippen LogP contribution in [-0.2, 0) is 9.47 Å². The molecule has 2 amide bonds. The first kappa shape index (κ1) is 22.6. The molecule has 0 unspecified atom stereocenters. The van der Waals surface area contributed by atoms with Crippen LogP contribution >= 0.6 is 0 Å². The van der Waals surface area contributed by atoms with Crippen molar-refractivity contribution in [3.05, 3.63) is 39.8 Å². The van der Waals surface area contributed by atoms with Gasteiger partial charge in [-0.05, 0) is 57.2 Å². The van der Waals surface area contributed by atoms with Crippen molar-refractivity contribution in [2.45, 2.75) is 51.2 Å². The molecule has 9 nitrogen and oxygen atoms in total. The van der Waals surface area contributed by atoms with Crippen LogP contribution < -0.4 is 4.90 Å². The smallest absolute Gasteiger partial charge is 0.414 e. The molecule has 0 radical (unpaired) electrons. The Hall–Kier alpha value is -3.07.